The molecule has 1 heterocycles. The zero-order valence-corrected chi connectivity index (χ0v) is 13.6. The molecule has 0 spiro atoms. The third-order valence-corrected chi connectivity index (χ3v) is 4.17. The zero-order chi connectivity index (χ0) is 15.6. The van der Waals surface area contributed by atoms with Crippen molar-refractivity contribution in [1.82, 2.24) is 10.2 Å². The highest BCUT2D eigenvalue weighted by molar-refractivity contribution is 5.91. The highest BCUT2D eigenvalue weighted by Crippen LogP contribution is 2.15. The van der Waals surface area contributed by atoms with E-state index in [0.29, 0.717) is 0 Å². The molecule has 1 aliphatic rings. The normalized spacial score (nSPS) is 19.4. The molecule has 3 nitrogen and oxygen atoms in total. The van der Waals surface area contributed by atoms with Gasteiger partial charge >= 0.3 is 0 Å². The van der Waals surface area contributed by atoms with Gasteiger partial charge in [-0.25, -0.2) is 0 Å². The average Bonchev–Trinajstić information content (AvgIpc) is 2.54. The van der Waals surface area contributed by atoms with Crippen LogP contribution in [0.25, 0.3) is 6.08 Å². The van der Waals surface area contributed by atoms with Crippen molar-refractivity contribution in [1.29, 1.82) is 0 Å². The van der Waals surface area contributed by atoms with Crippen molar-refractivity contribution in [3.8, 4) is 0 Å². The summed E-state index contributed by atoms with van der Waals surface area (Å²) in [5.41, 5.74) is 1.05. The molecular formula is C19H28N2O. The minimum absolute atomic E-state index is 0.00422. The van der Waals surface area contributed by atoms with E-state index in [1.165, 1.54) is 32.5 Å². The predicted molar refractivity (Wildman–Crippen MR) is 92.6 cm³/mol. The Morgan fingerprint density at radius 2 is 2.14 bits per heavy atom. The molecule has 0 aliphatic carbocycles. The Balaban J connectivity index is 1.54. The fraction of sp³-hybridized carbons (Fsp3) is 0.526. The van der Waals surface area contributed by atoms with Crippen LogP contribution in [-0.2, 0) is 4.79 Å². The third kappa shape index (κ3) is 6.44. The fourth-order valence-electron chi connectivity index (χ4n) is 2.96. The third-order valence-electron chi connectivity index (χ3n) is 4.17. The molecule has 0 radical (unpaired) electrons. The Bertz CT molecular complexity index is 470. The number of amides is 1. The second-order valence-corrected chi connectivity index (χ2v) is 6.29. The lowest BCUT2D eigenvalue weighted by molar-refractivity contribution is -0.116. The SMILES string of the molecule is CC1CCCN(CCCCNC(=O)C=Cc2ccccc2)C1. The van der Waals surface area contributed by atoms with Crippen molar-refractivity contribution in [3.05, 3.63) is 42.0 Å². The summed E-state index contributed by atoms with van der Waals surface area (Å²) in [7, 11) is 0. The van der Waals surface area contributed by atoms with Crippen molar-refractivity contribution in [2.75, 3.05) is 26.2 Å². The van der Waals surface area contributed by atoms with E-state index < -0.39 is 0 Å². The highest BCUT2D eigenvalue weighted by Gasteiger charge is 2.15. The highest BCUT2D eigenvalue weighted by atomic mass is 16.1. The largest absolute Gasteiger partial charge is 0.353 e. The van der Waals surface area contributed by atoms with Gasteiger partial charge in [0.25, 0.3) is 0 Å². The van der Waals surface area contributed by atoms with Crippen molar-refractivity contribution in [3.63, 3.8) is 0 Å². The number of nitrogens with one attached hydrogen (secondary N) is 1. The number of carbonyl (C=O) groups is 1. The molecule has 1 N–H and O–H groups in total. The Hall–Kier alpha value is -1.61. The first-order valence-corrected chi connectivity index (χ1v) is 8.47. The van der Waals surface area contributed by atoms with Crippen molar-refractivity contribution in [2.45, 2.75) is 32.6 Å². The van der Waals surface area contributed by atoms with E-state index in [4.69, 9.17) is 0 Å². The van der Waals surface area contributed by atoms with E-state index in [0.717, 1.165) is 30.9 Å². The average molecular weight is 300 g/mol. The van der Waals surface area contributed by atoms with Crippen LogP contribution in [0.3, 0.4) is 0 Å². The van der Waals surface area contributed by atoms with Crippen LogP contribution < -0.4 is 5.32 Å². The molecule has 3 heteroatoms. The topological polar surface area (TPSA) is 32.3 Å². The van der Waals surface area contributed by atoms with Gasteiger partial charge < -0.3 is 10.2 Å². The maximum Gasteiger partial charge on any atom is 0.243 e. The van der Waals surface area contributed by atoms with Crippen LogP contribution in [0.5, 0.6) is 0 Å². The van der Waals surface area contributed by atoms with E-state index in [1.54, 1.807) is 6.08 Å². The summed E-state index contributed by atoms with van der Waals surface area (Å²) in [6, 6.07) is 9.89. The first-order chi connectivity index (χ1) is 10.7. The van der Waals surface area contributed by atoms with Gasteiger partial charge in [-0.05, 0) is 56.3 Å². The number of nitrogens with zero attached hydrogens (tertiary/aromatic N) is 1. The Morgan fingerprint density at radius 1 is 1.32 bits per heavy atom. The molecule has 0 saturated carbocycles. The lowest BCUT2D eigenvalue weighted by Crippen LogP contribution is -2.35. The monoisotopic (exact) mass is 300 g/mol. The van der Waals surface area contributed by atoms with Crippen LogP contribution in [0.1, 0.15) is 38.2 Å². The number of hydrogen-bond donors (Lipinski definition) is 1. The molecule has 1 saturated heterocycles. The second kappa shape index (κ2) is 9.42. The number of likely N-dealkylation sites (tertiary alicyclic amines) is 1. The molecule has 1 aliphatic heterocycles. The Kier molecular flexibility index (Phi) is 7.17. The van der Waals surface area contributed by atoms with Crippen LogP contribution in [-0.4, -0.2) is 37.0 Å². The fourth-order valence-corrected chi connectivity index (χ4v) is 2.96. The molecular weight excluding hydrogens is 272 g/mol. The van der Waals surface area contributed by atoms with E-state index in [1.807, 2.05) is 36.4 Å². The van der Waals surface area contributed by atoms with Crippen LogP contribution in [0, 0.1) is 5.92 Å². The molecule has 1 amide bonds. The van der Waals surface area contributed by atoms with Gasteiger partial charge in [0.15, 0.2) is 0 Å². The number of piperidine rings is 1. The van der Waals surface area contributed by atoms with Gasteiger partial charge in [0, 0.05) is 19.2 Å². The number of unbranched alkanes of at least 4 members (excludes halogenated alkanes) is 1. The molecule has 120 valence electrons. The smallest absolute Gasteiger partial charge is 0.243 e. The maximum atomic E-state index is 11.7. The van der Waals surface area contributed by atoms with Gasteiger partial charge in [-0.15, -0.1) is 0 Å². The number of rotatable bonds is 7. The minimum atomic E-state index is -0.00422. The van der Waals surface area contributed by atoms with Crippen molar-refractivity contribution in [2.24, 2.45) is 5.92 Å². The van der Waals surface area contributed by atoms with E-state index in [-0.39, 0.29) is 5.91 Å². The number of carbonyl (C=O) groups excluding carboxylic acids is 1. The summed E-state index contributed by atoms with van der Waals surface area (Å²) in [5.74, 6) is 0.840. The quantitative estimate of drug-likeness (QED) is 0.619. The van der Waals surface area contributed by atoms with Gasteiger partial charge in [0.2, 0.25) is 5.91 Å². The van der Waals surface area contributed by atoms with E-state index in [2.05, 4.69) is 17.1 Å². The standard InChI is InChI=1S/C19H28N2O/c1-17-8-7-15-21(16-17)14-6-5-13-20-19(22)12-11-18-9-3-2-4-10-18/h2-4,9-12,17H,5-8,13-16H2,1H3,(H,20,22). The molecule has 1 aromatic rings. The van der Waals surface area contributed by atoms with Gasteiger partial charge in [-0.3, -0.25) is 4.79 Å². The van der Waals surface area contributed by atoms with Gasteiger partial charge in [0.1, 0.15) is 0 Å². The van der Waals surface area contributed by atoms with Crippen molar-refractivity contribution >= 4 is 12.0 Å². The molecule has 0 aromatic heterocycles. The van der Waals surface area contributed by atoms with Crippen LogP contribution in [0.2, 0.25) is 0 Å². The molecule has 22 heavy (non-hydrogen) atoms. The van der Waals surface area contributed by atoms with Gasteiger partial charge in [0.05, 0.1) is 0 Å². The predicted octanol–water partition coefficient (Wildman–Crippen LogP) is 3.33. The van der Waals surface area contributed by atoms with Crippen LogP contribution >= 0.6 is 0 Å². The van der Waals surface area contributed by atoms with Gasteiger partial charge in [-0.1, -0.05) is 37.3 Å². The molecule has 1 aromatic carbocycles. The first-order valence-electron chi connectivity index (χ1n) is 8.47. The lowest BCUT2D eigenvalue weighted by Gasteiger charge is -2.30. The Morgan fingerprint density at radius 3 is 2.91 bits per heavy atom. The summed E-state index contributed by atoms with van der Waals surface area (Å²) in [4.78, 5) is 14.3. The zero-order valence-electron chi connectivity index (χ0n) is 13.6. The summed E-state index contributed by atoms with van der Waals surface area (Å²) >= 11 is 0. The molecule has 1 fully saturated rings. The van der Waals surface area contributed by atoms with Crippen molar-refractivity contribution < 1.29 is 4.79 Å². The molecule has 1 atom stereocenters. The summed E-state index contributed by atoms with van der Waals surface area (Å²) in [6.07, 6.45) is 8.39. The number of hydrogen-bond acceptors (Lipinski definition) is 2. The van der Waals surface area contributed by atoms with E-state index in [9.17, 15) is 4.79 Å². The maximum absolute atomic E-state index is 11.7. The molecule has 0 bridgehead atoms. The Labute approximate surface area is 134 Å². The molecule has 1 unspecified atom stereocenters. The lowest BCUT2D eigenvalue weighted by atomic mass is 10.0. The summed E-state index contributed by atoms with van der Waals surface area (Å²) in [6.45, 7) is 6.76. The molecule has 2 rings (SSSR count). The minimum Gasteiger partial charge on any atom is -0.353 e. The van der Waals surface area contributed by atoms with Crippen LogP contribution in [0.4, 0.5) is 0 Å². The number of benzene rings is 1. The summed E-state index contributed by atoms with van der Waals surface area (Å²) < 4.78 is 0. The van der Waals surface area contributed by atoms with Gasteiger partial charge in [-0.2, -0.15) is 0 Å². The first kappa shape index (κ1) is 16.8. The summed E-state index contributed by atoms with van der Waals surface area (Å²) in [5, 5.41) is 2.96. The van der Waals surface area contributed by atoms with E-state index >= 15 is 0 Å². The second-order valence-electron chi connectivity index (χ2n) is 6.29. The van der Waals surface area contributed by atoms with Crippen LogP contribution in [0.15, 0.2) is 36.4 Å².